The molecule has 0 heterocycles. The highest BCUT2D eigenvalue weighted by Gasteiger charge is 2.20. The number of hydrogen-bond acceptors (Lipinski definition) is 4. The van der Waals surface area contributed by atoms with Crippen LogP contribution in [0.5, 0.6) is 0 Å². The Balaban J connectivity index is 1.92. The molecule has 0 saturated carbocycles. The first-order chi connectivity index (χ1) is 13.7. The molecule has 0 bridgehead atoms. The lowest BCUT2D eigenvalue weighted by Gasteiger charge is -2.17. The molecular weight excluding hydrogens is 390 g/mol. The number of nitrogens with one attached hydrogen (secondary N) is 2. The summed E-state index contributed by atoms with van der Waals surface area (Å²) in [5, 5.41) is 5.54. The van der Waals surface area contributed by atoms with Gasteiger partial charge in [0.2, 0.25) is 15.9 Å². The van der Waals surface area contributed by atoms with Gasteiger partial charge in [0.05, 0.1) is 16.1 Å². The van der Waals surface area contributed by atoms with Gasteiger partial charge in [0.1, 0.15) is 0 Å². The van der Waals surface area contributed by atoms with Crippen molar-refractivity contribution in [2.75, 3.05) is 18.9 Å². The molecular formula is C21H27N3O4S. The molecule has 7 nitrogen and oxygen atoms in total. The van der Waals surface area contributed by atoms with Gasteiger partial charge in [-0.2, -0.15) is 0 Å². The molecule has 0 unspecified atom stereocenters. The molecule has 0 atom stereocenters. The monoisotopic (exact) mass is 417 g/mol. The predicted octanol–water partition coefficient (Wildman–Crippen LogP) is 2.86. The summed E-state index contributed by atoms with van der Waals surface area (Å²) in [5.74, 6) is -0.537. The van der Waals surface area contributed by atoms with Gasteiger partial charge in [0.15, 0.2) is 0 Å². The van der Waals surface area contributed by atoms with Crippen LogP contribution >= 0.6 is 0 Å². The van der Waals surface area contributed by atoms with Gasteiger partial charge in [-0.3, -0.25) is 9.59 Å². The third kappa shape index (κ3) is 6.40. The summed E-state index contributed by atoms with van der Waals surface area (Å²) in [4.78, 5) is 24.8. The molecule has 2 N–H and O–H groups in total. The zero-order valence-electron chi connectivity index (χ0n) is 16.9. The van der Waals surface area contributed by atoms with Crippen molar-refractivity contribution in [3.8, 4) is 0 Å². The van der Waals surface area contributed by atoms with E-state index in [1.807, 2.05) is 13.8 Å². The second-order valence-corrected chi connectivity index (χ2v) is 9.01. The van der Waals surface area contributed by atoms with Gasteiger partial charge in [-0.1, -0.05) is 30.3 Å². The summed E-state index contributed by atoms with van der Waals surface area (Å²) < 4.78 is 26.2. The Hall–Kier alpha value is -2.71. The standard InChI is InChI=1S/C21H27N3O4S/c1-16(2)22-21(26)18-12-7-8-13-19(18)23-20(25)14-9-15-24(3)29(27,28)17-10-5-4-6-11-17/h4-8,10-13,16H,9,14-15H2,1-3H3,(H,22,26)(H,23,25). The first-order valence-corrected chi connectivity index (χ1v) is 10.9. The molecule has 0 aliphatic carbocycles. The first-order valence-electron chi connectivity index (χ1n) is 9.43. The van der Waals surface area contributed by atoms with E-state index in [1.54, 1.807) is 42.5 Å². The number of hydrogen-bond donors (Lipinski definition) is 2. The van der Waals surface area contributed by atoms with E-state index in [9.17, 15) is 18.0 Å². The molecule has 0 aromatic heterocycles. The molecule has 0 aliphatic heterocycles. The van der Waals surface area contributed by atoms with Crippen LogP contribution in [0.4, 0.5) is 5.69 Å². The Labute approximate surface area is 172 Å². The Bertz CT molecular complexity index is 943. The van der Waals surface area contributed by atoms with E-state index >= 15 is 0 Å². The summed E-state index contributed by atoms with van der Waals surface area (Å²) in [5.41, 5.74) is 0.819. The van der Waals surface area contributed by atoms with Crippen LogP contribution in [-0.2, 0) is 14.8 Å². The zero-order valence-corrected chi connectivity index (χ0v) is 17.7. The van der Waals surface area contributed by atoms with E-state index in [0.29, 0.717) is 17.7 Å². The Kier molecular flexibility index (Phi) is 7.92. The molecule has 0 aliphatic rings. The molecule has 0 fully saturated rings. The third-order valence-electron chi connectivity index (χ3n) is 4.19. The highest BCUT2D eigenvalue weighted by atomic mass is 32.2. The fourth-order valence-electron chi connectivity index (χ4n) is 2.70. The minimum Gasteiger partial charge on any atom is -0.350 e. The van der Waals surface area contributed by atoms with Crippen molar-refractivity contribution in [2.24, 2.45) is 0 Å². The maximum absolute atomic E-state index is 12.5. The molecule has 0 saturated heterocycles. The van der Waals surface area contributed by atoms with Gasteiger partial charge in [0.25, 0.3) is 5.91 Å². The number of anilines is 1. The van der Waals surface area contributed by atoms with Gasteiger partial charge in [-0.25, -0.2) is 12.7 Å². The average molecular weight is 418 g/mol. The summed E-state index contributed by atoms with van der Waals surface area (Å²) in [6.07, 6.45) is 0.490. The highest BCUT2D eigenvalue weighted by Crippen LogP contribution is 2.17. The molecule has 0 radical (unpaired) electrons. The second kappa shape index (κ2) is 10.2. The number of amides is 2. The van der Waals surface area contributed by atoms with E-state index in [1.165, 1.54) is 23.5 Å². The van der Waals surface area contributed by atoms with Crippen LogP contribution < -0.4 is 10.6 Å². The number of para-hydroxylation sites is 1. The van der Waals surface area contributed by atoms with Crippen molar-refractivity contribution in [3.63, 3.8) is 0 Å². The van der Waals surface area contributed by atoms with Gasteiger partial charge < -0.3 is 10.6 Å². The van der Waals surface area contributed by atoms with Crippen LogP contribution in [0.1, 0.15) is 37.0 Å². The number of rotatable bonds is 9. The highest BCUT2D eigenvalue weighted by molar-refractivity contribution is 7.89. The van der Waals surface area contributed by atoms with Crippen LogP contribution in [0.15, 0.2) is 59.5 Å². The lowest BCUT2D eigenvalue weighted by Crippen LogP contribution is -2.31. The number of carbonyl (C=O) groups excluding carboxylic acids is 2. The Morgan fingerprint density at radius 2 is 1.62 bits per heavy atom. The lowest BCUT2D eigenvalue weighted by molar-refractivity contribution is -0.116. The smallest absolute Gasteiger partial charge is 0.253 e. The van der Waals surface area contributed by atoms with Gasteiger partial charge in [-0.05, 0) is 44.5 Å². The fraction of sp³-hybridized carbons (Fsp3) is 0.333. The van der Waals surface area contributed by atoms with Crippen LogP contribution in [0.2, 0.25) is 0 Å². The van der Waals surface area contributed by atoms with Crippen molar-refractivity contribution in [3.05, 3.63) is 60.2 Å². The van der Waals surface area contributed by atoms with Crippen LogP contribution in [-0.4, -0.2) is 44.2 Å². The SMILES string of the molecule is CC(C)NC(=O)c1ccccc1NC(=O)CCCN(C)S(=O)(=O)c1ccccc1. The fourth-order valence-corrected chi connectivity index (χ4v) is 3.93. The third-order valence-corrected chi connectivity index (χ3v) is 6.06. The normalized spacial score (nSPS) is 11.5. The van der Waals surface area contributed by atoms with Crippen LogP contribution in [0.3, 0.4) is 0 Å². The first kappa shape index (κ1) is 22.6. The van der Waals surface area contributed by atoms with Crippen molar-refractivity contribution >= 4 is 27.5 Å². The van der Waals surface area contributed by atoms with Gasteiger partial charge in [0, 0.05) is 26.1 Å². The number of sulfonamides is 1. The average Bonchev–Trinajstić information content (AvgIpc) is 2.68. The molecule has 2 amide bonds. The van der Waals surface area contributed by atoms with E-state index in [0.717, 1.165) is 0 Å². The quantitative estimate of drug-likeness (QED) is 0.656. The minimum atomic E-state index is -3.58. The number of benzene rings is 2. The van der Waals surface area contributed by atoms with Crippen molar-refractivity contribution in [1.82, 2.24) is 9.62 Å². The molecule has 2 rings (SSSR count). The summed E-state index contributed by atoms with van der Waals surface area (Å²) in [6.45, 7) is 3.93. The Morgan fingerprint density at radius 1 is 1.00 bits per heavy atom. The molecule has 8 heteroatoms. The lowest BCUT2D eigenvalue weighted by atomic mass is 10.1. The molecule has 156 valence electrons. The minimum absolute atomic E-state index is 0.0200. The van der Waals surface area contributed by atoms with Crippen molar-refractivity contribution < 1.29 is 18.0 Å². The van der Waals surface area contributed by atoms with E-state index in [-0.39, 0.29) is 35.7 Å². The molecule has 29 heavy (non-hydrogen) atoms. The Morgan fingerprint density at radius 3 is 2.28 bits per heavy atom. The zero-order chi connectivity index (χ0) is 21.4. The summed E-state index contributed by atoms with van der Waals surface area (Å²) in [6, 6.07) is 14.9. The second-order valence-electron chi connectivity index (χ2n) is 6.97. The predicted molar refractivity (Wildman–Crippen MR) is 113 cm³/mol. The van der Waals surface area contributed by atoms with E-state index in [2.05, 4.69) is 10.6 Å². The van der Waals surface area contributed by atoms with E-state index < -0.39 is 10.0 Å². The van der Waals surface area contributed by atoms with E-state index in [4.69, 9.17) is 0 Å². The molecule has 2 aromatic carbocycles. The maximum atomic E-state index is 12.5. The van der Waals surface area contributed by atoms with Crippen LogP contribution in [0, 0.1) is 0 Å². The van der Waals surface area contributed by atoms with Crippen LogP contribution in [0.25, 0.3) is 0 Å². The molecule has 2 aromatic rings. The van der Waals surface area contributed by atoms with Crippen molar-refractivity contribution in [1.29, 1.82) is 0 Å². The maximum Gasteiger partial charge on any atom is 0.253 e. The number of nitrogens with zero attached hydrogens (tertiary/aromatic N) is 1. The topological polar surface area (TPSA) is 95.6 Å². The summed E-state index contributed by atoms with van der Waals surface area (Å²) >= 11 is 0. The number of carbonyl (C=O) groups is 2. The van der Waals surface area contributed by atoms with Gasteiger partial charge >= 0.3 is 0 Å². The van der Waals surface area contributed by atoms with Gasteiger partial charge in [-0.15, -0.1) is 0 Å². The molecule has 0 spiro atoms. The van der Waals surface area contributed by atoms with Crippen molar-refractivity contribution in [2.45, 2.75) is 37.6 Å². The largest absolute Gasteiger partial charge is 0.350 e. The summed E-state index contributed by atoms with van der Waals surface area (Å²) in [7, 11) is -2.08.